The lowest BCUT2D eigenvalue weighted by Crippen LogP contribution is -2.42. The van der Waals surface area contributed by atoms with Crippen molar-refractivity contribution in [1.82, 2.24) is 19.3 Å². The molecule has 2 aromatic heterocycles. The van der Waals surface area contributed by atoms with Crippen LogP contribution in [0, 0.1) is 0 Å². The molecule has 3 heterocycles. The maximum Gasteiger partial charge on any atom is 0.244 e. The Balaban J connectivity index is 1.87. The summed E-state index contributed by atoms with van der Waals surface area (Å²) < 4.78 is 32.5. The Labute approximate surface area is 134 Å². The van der Waals surface area contributed by atoms with E-state index in [1.54, 1.807) is 31.7 Å². The summed E-state index contributed by atoms with van der Waals surface area (Å²) >= 11 is 0. The molecule has 1 N–H and O–H groups in total. The SMILES string of the molecule is CNc1nccnc1[C@@H]1CN(S(=O)(=O)c2cccnc2)CCO1. The van der Waals surface area contributed by atoms with Crippen molar-refractivity contribution in [2.75, 3.05) is 32.1 Å². The lowest BCUT2D eigenvalue weighted by molar-refractivity contribution is -0.00469. The van der Waals surface area contributed by atoms with Gasteiger partial charge in [0.2, 0.25) is 10.0 Å². The number of morpholine rings is 1. The molecule has 1 atom stereocenters. The highest BCUT2D eigenvalue weighted by Crippen LogP contribution is 2.27. The van der Waals surface area contributed by atoms with Crippen molar-refractivity contribution in [1.29, 1.82) is 0 Å². The maximum absolute atomic E-state index is 12.7. The van der Waals surface area contributed by atoms with Gasteiger partial charge in [-0.05, 0) is 12.1 Å². The topological polar surface area (TPSA) is 97.3 Å². The van der Waals surface area contributed by atoms with Crippen molar-refractivity contribution in [3.63, 3.8) is 0 Å². The lowest BCUT2D eigenvalue weighted by atomic mass is 10.2. The van der Waals surface area contributed by atoms with Gasteiger partial charge in [-0.25, -0.2) is 13.4 Å². The first kappa shape index (κ1) is 15.8. The minimum Gasteiger partial charge on any atom is -0.372 e. The summed E-state index contributed by atoms with van der Waals surface area (Å²) in [5.74, 6) is 0.582. The maximum atomic E-state index is 12.7. The molecule has 9 heteroatoms. The second-order valence-electron chi connectivity index (χ2n) is 4.95. The van der Waals surface area contributed by atoms with Crippen LogP contribution in [0.2, 0.25) is 0 Å². The highest BCUT2D eigenvalue weighted by Gasteiger charge is 2.33. The number of hydrogen-bond donors (Lipinski definition) is 1. The molecule has 0 aromatic carbocycles. The van der Waals surface area contributed by atoms with Gasteiger partial charge in [0.05, 0.1) is 6.61 Å². The monoisotopic (exact) mass is 335 g/mol. The normalized spacial score (nSPS) is 19.4. The Kier molecular flexibility index (Phi) is 4.51. The molecule has 1 fully saturated rings. The number of hydrogen-bond acceptors (Lipinski definition) is 7. The molecule has 0 amide bonds. The smallest absolute Gasteiger partial charge is 0.244 e. The van der Waals surface area contributed by atoms with E-state index in [0.717, 1.165) is 0 Å². The van der Waals surface area contributed by atoms with Crippen LogP contribution < -0.4 is 5.32 Å². The van der Waals surface area contributed by atoms with E-state index in [1.807, 2.05) is 0 Å². The van der Waals surface area contributed by atoms with Gasteiger partial charge in [-0.1, -0.05) is 0 Å². The second-order valence-corrected chi connectivity index (χ2v) is 6.89. The van der Waals surface area contributed by atoms with E-state index in [0.29, 0.717) is 24.7 Å². The van der Waals surface area contributed by atoms with Crippen LogP contribution in [-0.4, -0.2) is 54.4 Å². The van der Waals surface area contributed by atoms with Crippen molar-refractivity contribution in [2.45, 2.75) is 11.0 Å². The summed E-state index contributed by atoms with van der Waals surface area (Å²) in [7, 11) is -1.86. The highest BCUT2D eigenvalue weighted by molar-refractivity contribution is 7.89. The van der Waals surface area contributed by atoms with Crippen molar-refractivity contribution in [3.8, 4) is 0 Å². The van der Waals surface area contributed by atoms with Crippen LogP contribution in [0.1, 0.15) is 11.8 Å². The van der Waals surface area contributed by atoms with Crippen molar-refractivity contribution in [2.24, 2.45) is 0 Å². The van der Waals surface area contributed by atoms with E-state index < -0.39 is 16.1 Å². The zero-order valence-electron chi connectivity index (χ0n) is 12.6. The zero-order valence-corrected chi connectivity index (χ0v) is 13.4. The first-order valence-corrected chi connectivity index (χ1v) is 8.57. The minimum atomic E-state index is -3.60. The molecule has 0 spiro atoms. The van der Waals surface area contributed by atoms with Crippen molar-refractivity contribution in [3.05, 3.63) is 42.6 Å². The summed E-state index contributed by atoms with van der Waals surface area (Å²) in [6.07, 6.45) is 5.56. The van der Waals surface area contributed by atoms with Crippen LogP contribution in [-0.2, 0) is 14.8 Å². The lowest BCUT2D eigenvalue weighted by Gasteiger charge is -2.32. The largest absolute Gasteiger partial charge is 0.372 e. The summed E-state index contributed by atoms with van der Waals surface area (Å²) in [5.41, 5.74) is 0.598. The molecule has 3 rings (SSSR count). The van der Waals surface area contributed by atoms with Gasteiger partial charge in [0.25, 0.3) is 0 Å². The predicted octanol–water partition coefficient (Wildman–Crippen LogP) is 0.675. The average Bonchev–Trinajstić information content (AvgIpc) is 2.62. The fourth-order valence-corrected chi connectivity index (χ4v) is 3.82. The summed E-state index contributed by atoms with van der Waals surface area (Å²) in [6.45, 7) is 0.775. The molecule has 8 nitrogen and oxygen atoms in total. The van der Waals surface area contributed by atoms with Gasteiger partial charge in [-0.3, -0.25) is 9.97 Å². The fourth-order valence-electron chi connectivity index (χ4n) is 2.44. The molecule has 0 aliphatic carbocycles. The third-order valence-electron chi connectivity index (χ3n) is 3.57. The van der Waals surface area contributed by atoms with E-state index in [4.69, 9.17) is 4.74 Å². The van der Waals surface area contributed by atoms with Gasteiger partial charge in [-0.15, -0.1) is 0 Å². The Bertz CT molecular complexity index is 769. The van der Waals surface area contributed by atoms with Crippen LogP contribution in [0.4, 0.5) is 5.82 Å². The van der Waals surface area contributed by atoms with Crippen LogP contribution in [0.3, 0.4) is 0 Å². The minimum absolute atomic E-state index is 0.175. The Morgan fingerprint density at radius 2 is 2.13 bits per heavy atom. The van der Waals surface area contributed by atoms with Gasteiger partial charge < -0.3 is 10.1 Å². The molecule has 0 unspecified atom stereocenters. The number of aromatic nitrogens is 3. The molecular weight excluding hydrogens is 318 g/mol. The third kappa shape index (κ3) is 3.16. The molecule has 1 aliphatic heterocycles. The molecule has 0 bridgehead atoms. The van der Waals surface area contributed by atoms with Crippen molar-refractivity contribution >= 4 is 15.8 Å². The number of sulfonamides is 1. The average molecular weight is 335 g/mol. The van der Waals surface area contributed by atoms with E-state index >= 15 is 0 Å². The number of rotatable bonds is 4. The van der Waals surface area contributed by atoms with Gasteiger partial charge >= 0.3 is 0 Å². The first-order valence-electron chi connectivity index (χ1n) is 7.13. The second kappa shape index (κ2) is 6.57. The van der Waals surface area contributed by atoms with Crippen LogP contribution in [0.15, 0.2) is 41.8 Å². The molecule has 1 saturated heterocycles. The highest BCUT2D eigenvalue weighted by atomic mass is 32.2. The molecule has 0 saturated carbocycles. The molecule has 23 heavy (non-hydrogen) atoms. The molecule has 1 aliphatic rings. The number of pyridine rings is 1. The van der Waals surface area contributed by atoms with Gasteiger partial charge in [0.15, 0.2) is 0 Å². The molecule has 122 valence electrons. The van der Waals surface area contributed by atoms with E-state index in [1.165, 1.54) is 16.6 Å². The van der Waals surface area contributed by atoms with Crippen LogP contribution in [0.25, 0.3) is 0 Å². The Morgan fingerprint density at radius 3 is 2.87 bits per heavy atom. The number of nitrogens with one attached hydrogen (secondary N) is 1. The predicted molar refractivity (Wildman–Crippen MR) is 83.3 cm³/mol. The van der Waals surface area contributed by atoms with Crippen LogP contribution in [0.5, 0.6) is 0 Å². The number of ether oxygens (including phenoxy) is 1. The standard InChI is InChI=1S/C14H17N5O3S/c1-15-14-13(17-5-6-18-14)12-10-19(7-8-22-12)23(20,21)11-3-2-4-16-9-11/h2-6,9,12H,7-8,10H2,1H3,(H,15,18)/t12-/m0/s1. The summed E-state index contributed by atoms with van der Waals surface area (Å²) in [6, 6.07) is 3.14. The van der Waals surface area contributed by atoms with Crippen LogP contribution >= 0.6 is 0 Å². The van der Waals surface area contributed by atoms with E-state index in [-0.39, 0.29) is 11.4 Å². The molecule has 2 aromatic rings. The van der Waals surface area contributed by atoms with Gasteiger partial charge in [-0.2, -0.15) is 4.31 Å². The molecule has 0 radical (unpaired) electrons. The Hall–Kier alpha value is -2.10. The van der Waals surface area contributed by atoms with E-state index in [2.05, 4.69) is 20.3 Å². The summed E-state index contributed by atoms with van der Waals surface area (Å²) in [5, 5.41) is 2.95. The number of nitrogens with zero attached hydrogens (tertiary/aromatic N) is 4. The molecular formula is C14H17N5O3S. The van der Waals surface area contributed by atoms with Gasteiger partial charge in [0, 0.05) is 44.9 Å². The van der Waals surface area contributed by atoms with E-state index in [9.17, 15) is 8.42 Å². The Morgan fingerprint density at radius 1 is 1.30 bits per heavy atom. The fraction of sp³-hybridized carbons (Fsp3) is 0.357. The van der Waals surface area contributed by atoms with Crippen molar-refractivity contribution < 1.29 is 13.2 Å². The third-order valence-corrected chi connectivity index (χ3v) is 5.42. The zero-order chi connectivity index (χ0) is 16.3. The quantitative estimate of drug-likeness (QED) is 0.877. The first-order chi connectivity index (χ1) is 11.1. The van der Waals surface area contributed by atoms with Gasteiger partial charge in [0.1, 0.15) is 22.5 Å². The number of anilines is 1. The summed E-state index contributed by atoms with van der Waals surface area (Å²) in [4.78, 5) is 12.5.